The molecule has 5 aromatic rings. The van der Waals surface area contributed by atoms with Crippen molar-refractivity contribution in [3.05, 3.63) is 113 Å². The van der Waals surface area contributed by atoms with Crippen LogP contribution in [0.4, 0.5) is 0 Å². The maximum atomic E-state index is 13.5. The molecule has 0 amide bonds. The highest BCUT2D eigenvalue weighted by Crippen LogP contribution is 2.31. The fraction of sp³-hybridized carbons (Fsp3) is 0.103. The number of hydrogen-bond acceptors (Lipinski definition) is 6. The van der Waals surface area contributed by atoms with E-state index in [9.17, 15) is 4.79 Å². The Balaban J connectivity index is 1.51. The highest BCUT2D eigenvalue weighted by molar-refractivity contribution is 5.80. The molecule has 0 aliphatic heterocycles. The van der Waals surface area contributed by atoms with Crippen LogP contribution in [-0.4, -0.2) is 23.9 Å². The van der Waals surface area contributed by atoms with E-state index in [0.29, 0.717) is 46.1 Å². The first kappa shape index (κ1) is 23.0. The zero-order chi connectivity index (χ0) is 24.9. The van der Waals surface area contributed by atoms with E-state index in [1.165, 1.54) is 4.68 Å². The van der Waals surface area contributed by atoms with Crippen molar-refractivity contribution in [1.82, 2.24) is 9.66 Å². The van der Waals surface area contributed by atoms with Gasteiger partial charge >= 0.3 is 0 Å². The molecule has 0 atom stereocenters. The molecule has 0 spiro atoms. The molecule has 0 fully saturated rings. The predicted octanol–water partition coefficient (Wildman–Crippen LogP) is 5.62. The molecule has 0 aliphatic rings. The maximum absolute atomic E-state index is 13.5. The quantitative estimate of drug-likeness (QED) is 0.312. The van der Waals surface area contributed by atoms with Gasteiger partial charge in [-0.2, -0.15) is 0 Å². The summed E-state index contributed by atoms with van der Waals surface area (Å²) in [5.74, 6) is 3.09. The Morgan fingerprint density at radius 2 is 1.53 bits per heavy atom. The van der Waals surface area contributed by atoms with Gasteiger partial charge in [-0.25, -0.2) is 9.66 Å². The molecule has 0 radical (unpaired) electrons. The van der Waals surface area contributed by atoms with Gasteiger partial charge in [0.05, 0.1) is 31.7 Å². The zero-order valence-electron chi connectivity index (χ0n) is 20.0. The van der Waals surface area contributed by atoms with Crippen molar-refractivity contribution in [2.24, 2.45) is 0 Å². The van der Waals surface area contributed by atoms with E-state index in [2.05, 4.69) is 5.43 Å². The lowest BCUT2D eigenvalue weighted by molar-refractivity contribution is 0.355. The van der Waals surface area contributed by atoms with Crippen molar-refractivity contribution in [2.75, 3.05) is 19.6 Å². The number of methoxy groups -OCH3 is 2. The van der Waals surface area contributed by atoms with E-state index >= 15 is 0 Å². The van der Waals surface area contributed by atoms with E-state index in [0.717, 1.165) is 11.3 Å². The van der Waals surface area contributed by atoms with Crippen LogP contribution in [0.1, 0.15) is 5.56 Å². The first-order chi connectivity index (χ1) is 17.7. The Kier molecular flexibility index (Phi) is 6.53. The summed E-state index contributed by atoms with van der Waals surface area (Å²) in [4.78, 5) is 18.3. The van der Waals surface area contributed by atoms with Gasteiger partial charge in [0.25, 0.3) is 5.56 Å². The molecule has 1 N–H and O–H groups in total. The third-order valence-electron chi connectivity index (χ3n) is 5.74. The number of fused-ring (bicyclic) bond motifs is 1. The molecule has 1 heterocycles. The molecule has 7 nitrogen and oxygen atoms in total. The summed E-state index contributed by atoms with van der Waals surface area (Å²) < 4.78 is 18.3. The fourth-order valence-corrected chi connectivity index (χ4v) is 3.96. The molecule has 0 aliphatic carbocycles. The van der Waals surface area contributed by atoms with Crippen LogP contribution in [0, 0.1) is 0 Å². The van der Waals surface area contributed by atoms with Crippen LogP contribution < -0.4 is 25.2 Å². The fourth-order valence-electron chi connectivity index (χ4n) is 3.96. The van der Waals surface area contributed by atoms with Gasteiger partial charge in [-0.05, 0) is 60.2 Å². The number of aromatic nitrogens is 2. The third kappa shape index (κ3) is 4.72. The molecule has 180 valence electrons. The number of nitrogens with zero attached hydrogens (tertiary/aromatic N) is 2. The molecule has 36 heavy (non-hydrogen) atoms. The Hall–Kier alpha value is -4.78. The van der Waals surface area contributed by atoms with Gasteiger partial charge in [0.1, 0.15) is 11.5 Å². The number of para-hydroxylation sites is 2. The van der Waals surface area contributed by atoms with Crippen LogP contribution >= 0.6 is 0 Å². The first-order valence-electron chi connectivity index (χ1n) is 11.5. The summed E-state index contributed by atoms with van der Waals surface area (Å²) in [5, 5.41) is 0.524. The monoisotopic (exact) mass is 479 g/mol. The van der Waals surface area contributed by atoms with Crippen molar-refractivity contribution in [3.63, 3.8) is 0 Å². The van der Waals surface area contributed by atoms with Crippen LogP contribution in [0.25, 0.3) is 22.3 Å². The lowest BCUT2D eigenvalue weighted by Gasteiger charge is -2.17. The molecule has 0 saturated heterocycles. The first-order valence-corrected chi connectivity index (χ1v) is 11.5. The topological polar surface area (TPSA) is 74.6 Å². The summed E-state index contributed by atoms with van der Waals surface area (Å²) in [6.45, 7) is 0.381. The van der Waals surface area contributed by atoms with Gasteiger partial charge in [-0.15, -0.1) is 0 Å². The lowest BCUT2D eigenvalue weighted by Crippen LogP contribution is -2.31. The van der Waals surface area contributed by atoms with Crippen LogP contribution in [0.3, 0.4) is 0 Å². The van der Waals surface area contributed by atoms with Crippen LogP contribution in [0.2, 0.25) is 0 Å². The Morgan fingerprint density at radius 1 is 0.778 bits per heavy atom. The largest absolute Gasteiger partial charge is 0.493 e. The third-order valence-corrected chi connectivity index (χ3v) is 5.74. The Labute approximate surface area is 208 Å². The van der Waals surface area contributed by atoms with Crippen molar-refractivity contribution >= 4 is 10.9 Å². The smallest absolute Gasteiger partial charge is 0.280 e. The number of nitrogens with one attached hydrogen (secondary N) is 1. The van der Waals surface area contributed by atoms with E-state index < -0.39 is 0 Å². The standard InChI is InChI=1S/C29H25N3O4/c1-34-26-16-15-21(18-27(26)35-2)28-31-25-14-7-6-13-24(25)29(33)32(28)30-19-20-9-8-12-23(17-20)36-22-10-4-3-5-11-22/h3-18,30H,19H2,1-2H3. The predicted molar refractivity (Wildman–Crippen MR) is 141 cm³/mol. The van der Waals surface area contributed by atoms with E-state index in [4.69, 9.17) is 19.2 Å². The summed E-state index contributed by atoms with van der Waals surface area (Å²) in [7, 11) is 3.16. The average molecular weight is 480 g/mol. The molecular weight excluding hydrogens is 454 g/mol. The normalized spacial score (nSPS) is 10.7. The number of ether oxygens (including phenoxy) is 3. The zero-order valence-corrected chi connectivity index (χ0v) is 20.0. The van der Waals surface area contributed by atoms with Crippen molar-refractivity contribution < 1.29 is 14.2 Å². The summed E-state index contributed by atoms with van der Waals surface area (Å²) in [6.07, 6.45) is 0. The maximum Gasteiger partial charge on any atom is 0.280 e. The van der Waals surface area contributed by atoms with Crippen LogP contribution in [0.15, 0.2) is 102 Å². The highest BCUT2D eigenvalue weighted by Gasteiger charge is 2.15. The molecule has 4 aromatic carbocycles. The molecular formula is C29H25N3O4. The van der Waals surface area contributed by atoms with Gasteiger partial charge in [-0.3, -0.25) is 4.79 Å². The minimum atomic E-state index is -0.193. The van der Waals surface area contributed by atoms with Gasteiger partial charge < -0.3 is 19.6 Å². The van der Waals surface area contributed by atoms with Gasteiger partial charge in [0.15, 0.2) is 17.3 Å². The SMILES string of the molecule is COc1ccc(-c2nc3ccccc3c(=O)n2NCc2cccc(Oc3ccccc3)c2)cc1OC. The molecule has 1 aromatic heterocycles. The Morgan fingerprint density at radius 3 is 2.33 bits per heavy atom. The second-order valence-electron chi connectivity index (χ2n) is 8.06. The van der Waals surface area contributed by atoms with Crippen molar-refractivity contribution in [1.29, 1.82) is 0 Å². The Bertz CT molecular complexity index is 1560. The van der Waals surface area contributed by atoms with Crippen molar-refractivity contribution in [3.8, 4) is 34.4 Å². The summed E-state index contributed by atoms with van der Waals surface area (Å²) in [5.41, 5.74) is 5.34. The average Bonchev–Trinajstić information content (AvgIpc) is 2.93. The molecule has 7 heteroatoms. The van der Waals surface area contributed by atoms with Gasteiger partial charge in [0, 0.05) is 5.56 Å². The molecule has 0 bridgehead atoms. The lowest BCUT2D eigenvalue weighted by atomic mass is 10.1. The summed E-state index contributed by atoms with van der Waals surface area (Å²) in [6, 6.07) is 30.1. The number of hydrogen-bond donors (Lipinski definition) is 1. The van der Waals surface area contributed by atoms with Gasteiger partial charge in [-0.1, -0.05) is 42.5 Å². The van der Waals surface area contributed by atoms with Crippen LogP contribution in [-0.2, 0) is 6.54 Å². The van der Waals surface area contributed by atoms with E-state index in [1.54, 1.807) is 26.4 Å². The highest BCUT2D eigenvalue weighted by atomic mass is 16.5. The summed E-state index contributed by atoms with van der Waals surface area (Å²) >= 11 is 0. The number of benzene rings is 4. The van der Waals surface area contributed by atoms with Gasteiger partial charge in [0.2, 0.25) is 0 Å². The molecule has 0 saturated carbocycles. The second kappa shape index (κ2) is 10.2. The van der Waals surface area contributed by atoms with E-state index in [-0.39, 0.29) is 5.56 Å². The van der Waals surface area contributed by atoms with Crippen molar-refractivity contribution in [2.45, 2.75) is 6.54 Å². The minimum Gasteiger partial charge on any atom is -0.493 e. The number of rotatable bonds is 8. The second-order valence-corrected chi connectivity index (χ2v) is 8.06. The molecule has 5 rings (SSSR count). The van der Waals surface area contributed by atoms with E-state index in [1.807, 2.05) is 84.9 Å². The minimum absolute atomic E-state index is 0.193. The molecule has 0 unspecified atom stereocenters. The van der Waals surface area contributed by atoms with Crippen LogP contribution in [0.5, 0.6) is 23.0 Å².